The monoisotopic (exact) mass is 277 g/mol. The maximum atomic E-state index is 9.26. The molecule has 1 aliphatic rings. The summed E-state index contributed by atoms with van der Waals surface area (Å²) in [7, 11) is 0. The number of nitrogens with zero attached hydrogens (tertiary/aromatic N) is 3. The Balaban J connectivity index is 2.45. The number of nitrogens with one attached hydrogen (secondary N) is 1. The molecular weight excluding hydrogens is 254 g/mol. The van der Waals surface area contributed by atoms with Crippen LogP contribution in [0.5, 0.6) is 0 Å². The molecule has 1 fully saturated rings. The van der Waals surface area contributed by atoms with Crippen molar-refractivity contribution in [3.63, 3.8) is 0 Å². The van der Waals surface area contributed by atoms with E-state index in [1.807, 2.05) is 13.8 Å². The van der Waals surface area contributed by atoms with Gasteiger partial charge in [-0.05, 0) is 24.8 Å². The number of aliphatic hydroxyl groups is 1. The van der Waals surface area contributed by atoms with E-state index in [4.69, 9.17) is 11.1 Å². The van der Waals surface area contributed by atoms with E-state index in [1.165, 1.54) is 0 Å². The highest BCUT2D eigenvalue weighted by molar-refractivity contribution is 6.01. The molecule has 0 bridgehead atoms. The summed E-state index contributed by atoms with van der Waals surface area (Å²) < 4.78 is 0. The molecule has 0 saturated carbocycles. The van der Waals surface area contributed by atoms with Crippen LogP contribution in [-0.4, -0.2) is 40.8 Å². The first kappa shape index (κ1) is 14.7. The van der Waals surface area contributed by atoms with Gasteiger partial charge in [-0.15, -0.1) is 5.10 Å². The van der Waals surface area contributed by atoms with Gasteiger partial charge in [0.25, 0.3) is 0 Å². The van der Waals surface area contributed by atoms with E-state index >= 15 is 0 Å². The molecule has 0 aromatic carbocycles. The second-order valence-corrected chi connectivity index (χ2v) is 5.23. The summed E-state index contributed by atoms with van der Waals surface area (Å²) in [6, 6.07) is 0. The van der Waals surface area contributed by atoms with Gasteiger partial charge in [0.15, 0.2) is 5.82 Å². The first-order valence-electron chi connectivity index (χ1n) is 7.20. The number of nitrogen functional groups attached to an aromatic ring is 1. The lowest BCUT2D eigenvalue weighted by Gasteiger charge is -2.22. The summed E-state index contributed by atoms with van der Waals surface area (Å²) in [5.41, 5.74) is 8.45. The zero-order valence-corrected chi connectivity index (χ0v) is 12.2. The minimum atomic E-state index is 0.0499. The fourth-order valence-corrected chi connectivity index (χ4v) is 2.84. The van der Waals surface area contributed by atoms with Gasteiger partial charge in [-0.2, -0.15) is 5.10 Å². The van der Waals surface area contributed by atoms with E-state index in [2.05, 4.69) is 15.1 Å². The average molecular weight is 277 g/mol. The highest BCUT2D eigenvalue weighted by atomic mass is 16.3. The van der Waals surface area contributed by atoms with Crippen molar-refractivity contribution in [1.82, 2.24) is 10.2 Å². The summed E-state index contributed by atoms with van der Waals surface area (Å²) in [6.07, 6.45) is 2.51. The van der Waals surface area contributed by atoms with E-state index in [0.717, 1.165) is 49.2 Å². The van der Waals surface area contributed by atoms with Crippen LogP contribution in [0.3, 0.4) is 0 Å². The minimum absolute atomic E-state index is 0.0499. The third kappa shape index (κ3) is 2.60. The van der Waals surface area contributed by atoms with E-state index in [-0.39, 0.29) is 18.4 Å². The van der Waals surface area contributed by atoms with Gasteiger partial charge in [0.1, 0.15) is 5.84 Å². The number of aryl methyl sites for hydroxylation is 1. The van der Waals surface area contributed by atoms with Crippen molar-refractivity contribution < 1.29 is 5.11 Å². The van der Waals surface area contributed by atoms with Gasteiger partial charge in [-0.1, -0.05) is 13.8 Å². The van der Waals surface area contributed by atoms with Crippen LogP contribution in [0.25, 0.3) is 0 Å². The number of nitrogens with two attached hydrogens (primary N) is 1. The number of hydrogen-bond acceptors (Lipinski definition) is 5. The third-order valence-electron chi connectivity index (χ3n) is 3.94. The Morgan fingerprint density at radius 2 is 2.15 bits per heavy atom. The molecule has 0 radical (unpaired) electrons. The van der Waals surface area contributed by atoms with Crippen molar-refractivity contribution in [2.45, 2.75) is 33.1 Å². The quantitative estimate of drug-likeness (QED) is 0.543. The Kier molecular flexibility index (Phi) is 4.54. The molecule has 2 heterocycles. The predicted molar refractivity (Wildman–Crippen MR) is 79.2 cm³/mol. The molecule has 20 heavy (non-hydrogen) atoms. The molecular formula is C14H23N5O. The first-order valence-corrected chi connectivity index (χ1v) is 7.20. The topological polar surface area (TPSA) is 99.1 Å². The summed E-state index contributed by atoms with van der Waals surface area (Å²) in [6.45, 7) is 5.85. The second-order valence-electron chi connectivity index (χ2n) is 5.23. The molecule has 1 saturated heterocycles. The Hall–Kier alpha value is -1.69. The number of anilines is 1. The summed E-state index contributed by atoms with van der Waals surface area (Å²) >= 11 is 0. The highest BCUT2D eigenvalue weighted by Crippen LogP contribution is 2.28. The number of hydrogen-bond donors (Lipinski definition) is 3. The van der Waals surface area contributed by atoms with Crippen LogP contribution in [0.4, 0.5) is 5.82 Å². The zero-order chi connectivity index (χ0) is 14.7. The van der Waals surface area contributed by atoms with Gasteiger partial charge in [0, 0.05) is 25.6 Å². The normalized spacial score (nSPS) is 18.6. The second kappa shape index (κ2) is 6.17. The molecule has 2 rings (SSSR count). The van der Waals surface area contributed by atoms with Crippen molar-refractivity contribution >= 4 is 11.7 Å². The molecule has 1 aliphatic heterocycles. The van der Waals surface area contributed by atoms with Crippen LogP contribution in [-0.2, 0) is 12.8 Å². The number of aliphatic hydroxyl groups excluding tert-OH is 1. The zero-order valence-electron chi connectivity index (χ0n) is 12.2. The van der Waals surface area contributed by atoms with Crippen molar-refractivity contribution in [1.29, 1.82) is 5.41 Å². The van der Waals surface area contributed by atoms with Crippen LogP contribution >= 0.6 is 0 Å². The molecule has 110 valence electrons. The van der Waals surface area contributed by atoms with Gasteiger partial charge in [0.2, 0.25) is 0 Å². The fraction of sp³-hybridized carbons (Fsp3) is 0.643. The van der Waals surface area contributed by atoms with Crippen molar-refractivity contribution in [2.24, 2.45) is 11.7 Å². The first-order chi connectivity index (χ1) is 9.62. The molecule has 1 atom stereocenters. The lowest BCUT2D eigenvalue weighted by molar-refractivity contribution is 0.238. The van der Waals surface area contributed by atoms with E-state index in [0.29, 0.717) is 5.82 Å². The minimum Gasteiger partial charge on any atom is -0.396 e. The van der Waals surface area contributed by atoms with Crippen LogP contribution < -0.4 is 10.6 Å². The largest absolute Gasteiger partial charge is 0.396 e. The highest BCUT2D eigenvalue weighted by Gasteiger charge is 2.27. The lowest BCUT2D eigenvalue weighted by Crippen LogP contribution is -2.28. The van der Waals surface area contributed by atoms with Gasteiger partial charge in [-0.25, -0.2) is 0 Å². The van der Waals surface area contributed by atoms with Crippen molar-refractivity contribution in [3.05, 3.63) is 16.8 Å². The van der Waals surface area contributed by atoms with Crippen molar-refractivity contribution in [3.8, 4) is 0 Å². The molecule has 0 aliphatic carbocycles. The van der Waals surface area contributed by atoms with Gasteiger partial charge in [0.05, 0.1) is 11.3 Å². The Morgan fingerprint density at radius 3 is 2.65 bits per heavy atom. The van der Waals surface area contributed by atoms with Gasteiger partial charge in [-0.3, -0.25) is 5.41 Å². The Labute approximate surface area is 119 Å². The molecule has 6 nitrogen and oxygen atoms in total. The number of rotatable bonds is 5. The molecule has 6 heteroatoms. The Morgan fingerprint density at radius 1 is 1.40 bits per heavy atom. The van der Waals surface area contributed by atoms with Crippen LogP contribution in [0.2, 0.25) is 0 Å². The van der Waals surface area contributed by atoms with E-state index in [1.54, 1.807) is 0 Å². The smallest absolute Gasteiger partial charge is 0.162 e. The van der Waals surface area contributed by atoms with Crippen LogP contribution in [0.15, 0.2) is 0 Å². The maximum Gasteiger partial charge on any atom is 0.162 e. The summed E-state index contributed by atoms with van der Waals surface area (Å²) in [5.74, 6) is 1.02. The molecule has 0 amide bonds. The van der Waals surface area contributed by atoms with Crippen LogP contribution in [0.1, 0.15) is 37.1 Å². The molecule has 1 aromatic heterocycles. The molecule has 1 aromatic rings. The summed E-state index contributed by atoms with van der Waals surface area (Å²) in [4.78, 5) is 2.09. The average Bonchev–Trinajstić information content (AvgIpc) is 2.94. The van der Waals surface area contributed by atoms with E-state index < -0.39 is 0 Å². The SMILES string of the molecule is CCc1nnc(N2CCC(CO)C2)c(C(=N)N)c1CC. The molecule has 0 spiro atoms. The van der Waals surface area contributed by atoms with Gasteiger partial charge >= 0.3 is 0 Å². The summed E-state index contributed by atoms with van der Waals surface area (Å²) in [5, 5.41) is 25.8. The van der Waals surface area contributed by atoms with E-state index in [9.17, 15) is 5.11 Å². The predicted octanol–water partition coefficient (Wildman–Crippen LogP) is 0.704. The standard InChI is InChI=1S/C14H23N5O/c1-3-10-11(4-2)17-18-14(12(10)13(15)16)19-6-5-9(7-19)8-20/h9,20H,3-8H2,1-2H3,(H3,15,16). The maximum absolute atomic E-state index is 9.26. The lowest BCUT2D eigenvalue weighted by atomic mass is 10.0. The van der Waals surface area contributed by atoms with Gasteiger partial charge < -0.3 is 15.7 Å². The van der Waals surface area contributed by atoms with Crippen LogP contribution in [0, 0.1) is 11.3 Å². The fourth-order valence-electron chi connectivity index (χ4n) is 2.84. The molecule has 1 unspecified atom stereocenters. The Bertz CT molecular complexity index is 503. The molecule has 4 N–H and O–H groups in total. The number of aromatic nitrogens is 2. The third-order valence-corrected chi connectivity index (χ3v) is 3.94. The number of amidine groups is 1. The van der Waals surface area contributed by atoms with Crippen molar-refractivity contribution in [2.75, 3.05) is 24.6 Å².